The highest BCUT2D eigenvalue weighted by Crippen LogP contribution is 2.28. The summed E-state index contributed by atoms with van der Waals surface area (Å²) in [6.07, 6.45) is -0.500. The molecule has 0 aromatic heterocycles. The molecule has 1 aromatic rings. The Bertz CT molecular complexity index is 385. The van der Waals surface area contributed by atoms with Crippen LogP contribution in [0.2, 0.25) is 0 Å². The highest BCUT2D eigenvalue weighted by Gasteiger charge is 2.12. The lowest BCUT2D eigenvalue weighted by Gasteiger charge is -2.24. The van der Waals surface area contributed by atoms with Crippen molar-refractivity contribution < 1.29 is 9.84 Å². The molecule has 4 nitrogen and oxygen atoms in total. The monoisotopic (exact) mass is 316 g/mol. The van der Waals surface area contributed by atoms with Crippen LogP contribution in [0.1, 0.15) is 18.5 Å². The third-order valence-corrected chi connectivity index (χ3v) is 3.39. The minimum absolute atomic E-state index is 0.0136. The number of aliphatic hydroxyl groups excluding tert-OH is 1. The van der Waals surface area contributed by atoms with E-state index in [0.29, 0.717) is 13.2 Å². The van der Waals surface area contributed by atoms with Crippen LogP contribution in [0.3, 0.4) is 0 Å². The van der Waals surface area contributed by atoms with Gasteiger partial charge in [0.15, 0.2) is 0 Å². The van der Waals surface area contributed by atoms with E-state index in [9.17, 15) is 5.11 Å². The third-order valence-electron chi connectivity index (χ3n) is 2.75. The van der Waals surface area contributed by atoms with Crippen LogP contribution < -0.4 is 10.6 Å². The van der Waals surface area contributed by atoms with Crippen molar-refractivity contribution in [3.05, 3.63) is 28.2 Å². The summed E-state index contributed by atoms with van der Waals surface area (Å²) in [5.74, 6) is 0. The third kappa shape index (κ3) is 4.24. The Morgan fingerprint density at radius 2 is 2.17 bits per heavy atom. The van der Waals surface area contributed by atoms with Crippen molar-refractivity contribution in [2.45, 2.75) is 19.1 Å². The summed E-state index contributed by atoms with van der Waals surface area (Å²) < 4.78 is 5.89. The fraction of sp³-hybridized carbons (Fsp3) is 0.538. The molecule has 1 rings (SSSR count). The molecule has 0 aliphatic heterocycles. The molecule has 18 heavy (non-hydrogen) atoms. The van der Waals surface area contributed by atoms with Gasteiger partial charge in [-0.2, -0.15) is 0 Å². The molecule has 0 radical (unpaired) electrons. The van der Waals surface area contributed by atoms with Crippen molar-refractivity contribution in [2.75, 3.05) is 32.2 Å². The van der Waals surface area contributed by atoms with Crippen LogP contribution in [-0.4, -0.2) is 38.5 Å². The predicted molar refractivity (Wildman–Crippen MR) is 77.9 cm³/mol. The predicted octanol–water partition coefficient (Wildman–Crippen LogP) is 1.91. The average molecular weight is 317 g/mol. The fourth-order valence-corrected chi connectivity index (χ4v) is 2.47. The molecule has 0 aliphatic rings. The van der Waals surface area contributed by atoms with Gasteiger partial charge in [-0.25, -0.2) is 0 Å². The molecule has 0 heterocycles. The number of rotatable bonds is 6. The molecule has 0 bridgehead atoms. The van der Waals surface area contributed by atoms with E-state index in [1.807, 2.05) is 37.1 Å². The van der Waals surface area contributed by atoms with Gasteiger partial charge in [0.25, 0.3) is 0 Å². The van der Waals surface area contributed by atoms with Crippen molar-refractivity contribution in [1.82, 2.24) is 0 Å². The van der Waals surface area contributed by atoms with Gasteiger partial charge in [-0.05, 0) is 40.5 Å². The summed E-state index contributed by atoms with van der Waals surface area (Å²) in [5.41, 5.74) is 7.94. The maximum absolute atomic E-state index is 9.71. The Hall–Kier alpha value is -0.620. The largest absolute Gasteiger partial charge is 0.389 e. The molecule has 0 fully saturated rings. The van der Waals surface area contributed by atoms with Gasteiger partial charge in [-0.1, -0.05) is 6.07 Å². The lowest BCUT2D eigenvalue weighted by atomic mass is 10.1. The van der Waals surface area contributed by atoms with Gasteiger partial charge in [0.2, 0.25) is 0 Å². The molecule has 0 saturated heterocycles. The van der Waals surface area contributed by atoms with E-state index >= 15 is 0 Å². The number of ether oxygens (including phenoxy) is 1. The van der Waals surface area contributed by atoms with E-state index < -0.39 is 6.10 Å². The van der Waals surface area contributed by atoms with E-state index in [4.69, 9.17) is 10.5 Å². The molecule has 0 spiro atoms. The van der Waals surface area contributed by atoms with Crippen LogP contribution in [0.4, 0.5) is 5.69 Å². The molecule has 3 N–H and O–H groups in total. The highest BCUT2D eigenvalue weighted by atomic mass is 79.9. The number of nitrogens with two attached hydrogens (primary N) is 1. The van der Waals surface area contributed by atoms with Gasteiger partial charge in [0.05, 0.1) is 18.4 Å². The Labute approximate surface area is 117 Å². The number of hydrogen-bond acceptors (Lipinski definition) is 4. The number of nitrogens with zero attached hydrogens (tertiary/aromatic N) is 1. The second-order valence-corrected chi connectivity index (χ2v) is 5.34. The normalized spacial score (nSPS) is 14.3. The fourth-order valence-electron chi connectivity index (χ4n) is 1.78. The first kappa shape index (κ1) is 15.4. The first-order chi connectivity index (χ1) is 8.45. The molecular formula is C13H21BrN2O2. The summed E-state index contributed by atoms with van der Waals surface area (Å²) in [6.45, 7) is 2.80. The van der Waals surface area contributed by atoms with Crippen LogP contribution in [-0.2, 0) is 4.74 Å². The minimum atomic E-state index is -0.500. The van der Waals surface area contributed by atoms with Gasteiger partial charge in [0.1, 0.15) is 0 Å². The van der Waals surface area contributed by atoms with E-state index in [1.165, 1.54) is 0 Å². The molecule has 5 heteroatoms. The maximum atomic E-state index is 9.71. The summed E-state index contributed by atoms with van der Waals surface area (Å²) in [4.78, 5) is 1.98. The average Bonchev–Trinajstić information content (AvgIpc) is 2.28. The molecule has 1 unspecified atom stereocenters. The lowest BCUT2D eigenvalue weighted by molar-refractivity contribution is 0.0695. The van der Waals surface area contributed by atoms with Crippen LogP contribution >= 0.6 is 15.9 Å². The van der Waals surface area contributed by atoms with Crippen LogP contribution in [0.5, 0.6) is 0 Å². The van der Waals surface area contributed by atoms with Gasteiger partial charge in [0, 0.05) is 31.2 Å². The molecule has 0 saturated carbocycles. The zero-order chi connectivity index (χ0) is 13.7. The van der Waals surface area contributed by atoms with E-state index in [2.05, 4.69) is 15.9 Å². The van der Waals surface area contributed by atoms with Crippen LogP contribution in [0, 0.1) is 0 Å². The first-order valence-electron chi connectivity index (χ1n) is 5.89. The Kier molecular flexibility index (Phi) is 6.08. The highest BCUT2D eigenvalue weighted by molar-refractivity contribution is 9.10. The topological polar surface area (TPSA) is 58.7 Å². The second kappa shape index (κ2) is 7.09. The number of aliphatic hydroxyl groups is 1. The van der Waals surface area contributed by atoms with Crippen molar-refractivity contribution >= 4 is 21.6 Å². The quantitative estimate of drug-likeness (QED) is 0.841. The zero-order valence-corrected chi connectivity index (χ0v) is 12.6. The van der Waals surface area contributed by atoms with Crippen molar-refractivity contribution in [2.24, 2.45) is 5.73 Å². The molecular weight excluding hydrogens is 296 g/mol. The van der Waals surface area contributed by atoms with Gasteiger partial charge in [-0.3, -0.25) is 0 Å². The summed E-state index contributed by atoms with van der Waals surface area (Å²) in [7, 11) is 3.51. The van der Waals surface area contributed by atoms with Crippen LogP contribution in [0.25, 0.3) is 0 Å². The first-order valence-corrected chi connectivity index (χ1v) is 6.68. The second-order valence-electron chi connectivity index (χ2n) is 4.49. The summed E-state index contributed by atoms with van der Waals surface area (Å²) >= 11 is 3.53. The van der Waals surface area contributed by atoms with E-state index in [0.717, 1.165) is 15.7 Å². The maximum Gasteiger partial charge on any atom is 0.0947 e. The van der Waals surface area contributed by atoms with E-state index in [-0.39, 0.29) is 6.04 Å². The summed E-state index contributed by atoms with van der Waals surface area (Å²) in [5, 5.41) is 9.71. The number of halogens is 1. The Balaban J connectivity index is 2.77. The SMILES string of the molecule is COCC(O)CN(C)c1ccc([C@@H](C)N)cc1Br. The molecule has 1 aromatic carbocycles. The minimum Gasteiger partial charge on any atom is -0.389 e. The number of methoxy groups -OCH3 is 1. The molecule has 0 aliphatic carbocycles. The molecule has 2 atom stereocenters. The van der Waals surface area contributed by atoms with Gasteiger partial charge < -0.3 is 20.5 Å². The van der Waals surface area contributed by atoms with Crippen molar-refractivity contribution in [1.29, 1.82) is 0 Å². The Morgan fingerprint density at radius 3 is 2.67 bits per heavy atom. The van der Waals surface area contributed by atoms with Crippen molar-refractivity contribution in [3.8, 4) is 0 Å². The summed E-state index contributed by atoms with van der Waals surface area (Å²) in [6, 6.07) is 6.03. The zero-order valence-electron chi connectivity index (χ0n) is 11.1. The number of likely N-dealkylation sites (N-methyl/N-ethyl adjacent to an activating group) is 1. The van der Waals surface area contributed by atoms with Gasteiger partial charge in [-0.15, -0.1) is 0 Å². The molecule has 102 valence electrons. The van der Waals surface area contributed by atoms with Crippen molar-refractivity contribution in [3.63, 3.8) is 0 Å². The molecule has 0 amide bonds. The standard InChI is InChI=1S/C13H21BrN2O2/c1-9(15)10-4-5-13(12(14)6-10)16(2)7-11(17)8-18-3/h4-6,9,11,17H,7-8,15H2,1-3H3/t9-,11?/m1/s1. The van der Waals surface area contributed by atoms with Crippen LogP contribution in [0.15, 0.2) is 22.7 Å². The Morgan fingerprint density at radius 1 is 1.50 bits per heavy atom. The lowest BCUT2D eigenvalue weighted by Crippen LogP contribution is -2.32. The number of anilines is 1. The number of benzene rings is 1. The number of hydrogen-bond donors (Lipinski definition) is 2. The van der Waals surface area contributed by atoms with Gasteiger partial charge >= 0.3 is 0 Å². The van der Waals surface area contributed by atoms with E-state index in [1.54, 1.807) is 7.11 Å². The smallest absolute Gasteiger partial charge is 0.0947 e.